The van der Waals surface area contributed by atoms with E-state index in [9.17, 15) is 0 Å². The van der Waals surface area contributed by atoms with E-state index in [2.05, 4.69) is 33.4 Å². The van der Waals surface area contributed by atoms with E-state index >= 15 is 0 Å². The zero-order valence-corrected chi connectivity index (χ0v) is 14.2. The molecule has 5 heteroatoms. The number of piperidine rings is 1. The van der Waals surface area contributed by atoms with Crippen molar-refractivity contribution in [1.82, 2.24) is 9.88 Å². The van der Waals surface area contributed by atoms with Gasteiger partial charge in [-0.2, -0.15) is 0 Å². The second kappa shape index (κ2) is 6.95. The lowest BCUT2D eigenvalue weighted by molar-refractivity contribution is 0.124. The maximum absolute atomic E-state index is 5.52. The van der Waals surface area contributed by atoms with Gasteiger partial charge in [0, 0.05) is 55.1 Å². The van der Waals surface area contributed by atoms with E-state index in [0.29, 0.717) is 12.1 Å². The first kappa shape index (κ1) is 15.7. The highest BCUT2D eigenvalue weighted by Crippen LogP contribution is 2.29. The molecule has 2 aliphatic heterocycles. The summed E-state index contributed by atoms with van der Waals surface area (Å²) in [7, 11) is 1.70. The van der Waals surface area contributed by atoms with Crippen molar-refractivity contribution in [2.24, 2.45) is 0 Å². The third kappa shape index (κ3) is 3.19. The molecule has 1 unspecified atom stereocenters. The maximum Gasteiger partial charge on any atom is 0.147 e. The van der Waals surface area contributed by atoms with Gasteiger partial charge in [0.05, 0.1) is 13.7 Å². The predicted octanol–water partition coefficient (Wildman–Crippen LogP) is 2.91. The summed E-state index contributed by atoms with van der Waals surface area (Å²) in [6.45, 7) is 4.14. The third-order valence-electron chi connectivity index (χ3n) is 5.21. The average Bonchev–Trinajstić information content (AvgIpc) is 3.16. The molecule has 0 aliphatic carbocycles. The topological polar surface area (TPSA) is 46.6 Å². The van der Waals surface area contributed by atoms with E-state index in [1.54, 1.807) is 13.3 Å². The van der Waals surface area contributed by atoms with E-state index in [0.717, 1.165) is 48.6 Å². The molecule has 5 nitrogen and oxygen atoms in total. The molecule has 2 aromatic rings. The molecule has 0 saturated carbocycles. The fraction of sp³-hybridized carbons (Fsp3) is 0.526. The largest absolute Gasteiger partial charge is 0.494 e. The molecule has 1 aromatic heterocycles. The molecule has 2 saturated heterocycles. The predicted molar refractivity (Wildman–Crippen MR) is 95.7 cm³/mol. The maximum atomic E-state index is 5.52. The third-order valence-corrected chi connectivity index (χ3v) is 5.21. The average molecular weight is 327 g/mol. The lowest BCUT2D eigenvalue weighted by Crippen LogP contribution is -2.44. The summed E-state index contributed by atoms with van der Waals surface area (Å²) >= 11 is 0. The summed E-state index contributed by atoms with van der Waals surface area (Å²) in [6.07, 6.45) is 5.33. The number of methoxy groups -OCH3 is 1. The molecule has 4 rings (SSSR count). The zero-order chi connectivity index (χ0) is 16.4. The Morgan fingerprint density at radius 1 is 1.25 bits per heavy atom. The van der Waals surface area contributed by atoms with Crippen molar-refractivity contribution in [2.75, 3.05) is 38.7 Å². The van der Waals surface area contributed by atoms with E-state index in [4.69, 9.17) is 9.47 Å². The van der Waals surface area contributed by atoms with Gasteiger partial charge in [-0.15, -0.1) is 0 Å². The number of ether oxygens (including phenoxy) is 2. The van der Waals surface area contributed by atoms with Gasteiger partial charge in [0.1, 0.15) is 11.3 Å². The van der Waals surface area contributed by atoms with Crippen LogP contribution in [-0.2, 0) is 4.74 Å². The van der Waals surface area contributed by atoms with Crippen LogP contribution in [0.4, 0.5) is 5.69 Å². The van der Waals surface area contributed by atoms with Crippen LogP contribution in [0.5, 0.6) is 5.75 Å². The monoisotopic (exact) mass is 327 g/mol. The molecule has 3 heterocycles. The van der Waals surface area contributed by atoms with Crippen LogP contribution >= 0.6 is 0 Å². The molecule has 1 N–H and O–H groups in total. The molecule has 128 valence electrons. The molecule has 1 atom stereocenters. The van der Waals surface area contributed by atoms with Crippen LogP contribution in [0.15, 0.2) is 30.5 Å². The van der Waals surface area contributed by atoms with Crippen LogP contribution in [0.2, 0.25) is 0 Å². The summed E-state index contributed by atoms with van der Waals surface area (Å²) in [5.74, 6) is 0.830. The van der Waals surface area contributed by atoms with Crippen molar-refractivity contribution in [3.05, 3.63) is 30.5 Å². The Hall–Kier alpha value is -1.85. The zero-order valence-electron chi connectivity index (χ0n) is 14.2. The molecule has 2 fully saturated rings. The molecular weight excluding hydrogens is 302 g/mol. The summed E-state index contributed by atoms with van der Waals surface area (Å²) in [5.41, 5.74) is 2.04. The van der Waals surface area contributed by atoms with Crippen molar-refractivity contribution >= 4 is 16.6 Å². The minimum atomic E-state index is 0.516. The summed E-state index contributed by atoms with van der Waals surface area (Å²) in [4.78, 5) is 7.02. The Labute approximate surface area is 143 Å². The first-order chi connectivity index (χ1) is 11.8. The summed E-state index contributed by atoms with van der Waals surface area (Å²) < 4.78 is 11.0. The fourth-order valence-electron chi connectivity index (χ4n) is 3.85. The second-order valence-corrected chi connectivity index (χ2v) is 6.73. The van der Waals surface area contributed by atoms with Crippen LogP contribution in [0.3, 0.4) is 0 Å². The van der Waals surface area contributed by atoms with Crippen LogP contribution in [0.25, 0.3) is 10.9 Å². The molecule has 0 bridgehead atoms. The van der Waals surface area contributed by atoms with Gasteiger partial charge in [0.25, 0.3) is 0 Å². The molecule has 0 spiro atoms. The number of pyridine rings is 1. The van der Waals surface area contributed by atoms with Gasteiger partial charge in [-0.25, -0.2) is 0 Å². The Balaban J connectivity index is 1.43. The van der Waals surface area contributed by atoms with Crippen LogP contribution in [0, 0.1) is 0 Å². The first-order valence-electron chi connectivity index (χ1n) is 8.84. The number of nitrogens with zero attached hydrogens (tertiary/aromatic N) is 2. The number of anilines is 1. The molecule has 1 aromatic carbocycles. The van der Waals surface area contributed by atoms with Gasteiger partial charge in [-0.05, 0) is 31.4 Å². The second-order valence-electron chi connectivity index (χ2n) is 6.73. The standard InChI is InChI=1S/C19H25N3O2/c1-23-18-12-16(11-14-3-2-7-20-19(14)18)21-15-4-8-22(9-5-15)17-6-10-24-13-17/h2-3,7,11-12,15,17,21H,4-6,8-10,13H2,1H3. The lowest BCUT2D eigenvalue weighted by atomic mass is 10.0. The highest BCUT2D eigenvalue weighted by Gasteiger charge is 2.27. The highest BCUT2D eigenvalue weighted by atomic mass is 16.5. The minimum Gasteiger partial charge on any atom is -0.494 e. The number of fused-ring (bicyclic) bond motifs is 1. The number of nitrogens with one attached hydrogen (secondary N) is 1. The number of aromatic nitrogens is 1. The van der Waals surface area contributed by atoms with Gasteiger partial charge >= 0.3 is 0 Å². The van der Waals surface area contributed by atoms with Gasteiger partial charge < -0.3 is 14.8 Å². The molecular formula is C19H25N3O2. The van der Waals surface area contributed by atoms with Crippen molar-refractivity contribution in [3.63, 3.8) is 0 Å². The van der Waals surface area contributed by atoms with Crippen LogP contribution in [0.1, 0.15) is 19.3 Å². The molecule has 0 amide bonds. The smallest absolute Gasteiger partial charge is 0.147 e. The summed E-state index contributed by atoms with van der Waals surface area (Å²) in [6, 6.07) is 9.43. The van der Waals surface area contributed by atoms with Gasteiger partial charge in [0.15, 0.2) is 0 Å². The number of rotatable bonds is 4. The Bertz CT molecular complexity index is 692. The van der Waals surface area contributed by atoms with Crippen LogP contribution < -0.4 is 10.1 Å². The quantitative estimate of drug-likeness (QED) is 0.935. The summed E-state index contributed by atoms with van der Waals surface area (Å²) in [5, 5.41) is 4.80. The highest BCUT2D eigenvalue weighted by molar-refractivity contribution is 5.88. The molecule has 0 radical (unpaired) electrons. The van der Waals surface area contributed by atoms with Crippen molar-refractivity contribution in [2.45, 2.75) is 31.3 Å². The van der Waals surface area contributed by atoms with E-state index in [-0.39, 0.29) is 0 Å². The van der Waals surface area contributed by atoms with E-state index in [1.165, 1.54) is 19.3 Å². The normalized spacial score (nSPS) is 22.8. The lowest BCUT2D eigenvalue weighted by Gasteiger charge is -2.36. The number of benzene rings is 1. The minimum absolute atomic E-state index is 0.516. The number of hydrogen-bond acceptors (Lipinski definition) is 5. The van der Waals surface area contributed by atoms with E-state index in [1.807, 2.05) is 6.07 Å². The number of likely N-dealkylation sites (tertiary alicyclic amines) is 1. The number of hydrogen-bond donors (Lipinski definition) is 1. The first-order valence-corrected chi connectivity index (χ1v) is 8.84. The SMILES string of the molecule is COc1cc(NC2CCN(C3CCOC3)CC2)cc2cccnc12. The van der Waals surface area contributed by atoms with Gasteiger partial charge in [-0.1, -0.05) is 6.07 Å². The molecule has 24 heavy (non-hydrogen) atoms. The van der Waals surface area contributed by atoms with Gasteiger partial charge in [-0.3, -0.25) is 9.88 Å². The fourth-order valence-corrected chi connectivity index (χ4v) is 3.85. The van der Waals surface area contributed by atoms with Crippen molar-refractivity contribution in [3.8, 4) is 5.75 Å². The van der Waals surface area contributed by atoms with Crippen molar-refractivity contribution < 1.29 is 9.47 Å². The van der Waals surface area contributed by atoms with E-state index < -0.39 is 0 Å². The molecule has 2 aliphatic rings. The van der Waals surface area contributed by atoms with Crippen molar-refractivity contribution in [1.29, 1.82) is 0 Å². The Morgan fingerprint density at radius 3 is 2.88 bits per heavy atom. The Kier molecular flexibility index (Phi) is 4.54. The van der Waals surface area contributed by atoms with Crippen LogP contribution in [-0.4, -0.2) is 55.4 Å². The Morgan fingerprint density at radius 2 is 2.12 bits per heavy atom. The van der Waals surface area contributed by atoms with Gasteiger partial charge in [0.2, 0.25) is 0 Å².